The van der Waals surface area contributed by atoms with Crippen molar-refractivity contribution in [3.63, 3.8) is 0 Å². The number of likely N-dealkylation sites (N-methyl/N-ethyl adjacent to an activating group) is 1. The summed E-state index contributed by atoms with van der Waals surface area (Å²) in [5, 5.41) is 3.12. The molecule has 0 saturated heterocycles. The molecule has 2 atom stereocenters. The fourth-order valence-electron chi connectivity index (χ4n) is 2.59. The molecule has 0 radical (unpaired) electrons. The number of rotatable bonds is 5. The molecule has 1 N–H and O–H groups in total. The summed E-state index contributed by atoms with van der Waals surface area (Å²) < 4.78 is 42.1. The van der Waals surface area contributed by atoms with Crippen molar-refractivity contribution in [2.24, 2.45) is 0 Å². The summed E-state index contributed by atoms with van der Waals surface area (Å²) in [6.07, 6.45) is -4.14. The fraction of sp³-hybridized carbons (Fsp3) is 0.571. The van der Waals surface area contributed by atoms with Crippen LogP contribution >= 0.6 is 0 Å². The number of nitrogens with one attached hydrogen (secondary N) is 1. The lowest BCUT2D eigenvalue weighted by Gasteiger charge is -2.22. The van der Waals surface area contributed by atoms with E-state index in [2.05, 4.69) is 5.32 Å². The predicted molar refractivity (Wildman–Crippen MR) is 67.4 cm³/mol. The van der Waals surface area contributed by atoms with E-state index >= 15 is 0 Å². The summed E-state index contributed by atoms with van der Waals surface area (Å²) in [5.74, 6) is 0.984. The van der Waals surface area contributed by atoms with Gasteiger partial charge in [0.1, 0.15) is 5.75 Å². The number of hydrogen-bond donors (Lipinski definition) is 1. The molecule has 1 aliphatic heterocycles. The summed E-state index contributed by atoms with van der Waals surface area (Å²) in [7, 11) is 1.79. The van der Waals surface area contributed by atoms with E-state index in [-0.39, 0.29) is 18.4 Å². The van der Waals surface area contributed by atoms with Crippen molar-refractivity contribution in [3.05, 3.63) is 29.8 Å². The van der Waals surface area contributed by atoms with E-state index in [1.54, 1.807) is 7.05 Å². The Kier molecular flexibility index (Phi) is 4.34. The van der Waals surface area contributed by atoms with Gasteiger partial charge in [0.05, 0.1) is 6.61 Å². The van der Waals surface area contributed by atoms with Gasteiger partial charge in [-0.3, -0.25) is 0 Å². The van der Waals surface area contributed by atoms with Crippen LogP contribution in [0.4, 0.5) is 13.2 Å². The molecular formula is C14H18F3NO. The average molecular weight is 273 g/mol. The second-order valence-corrected chi connectivity index (χ2v) is 4.86. The second kappa shape index (κ2) is 5.82. The molecular weight excluding hydrogens is 255 g/mol. The molecule has 1 aromatic carbocycles. The van der Waals surface area contributed by atoms with E-state index in [0.717, 1.165) is 11.3 Å². The van der Waals surface area contributed by atoms with E-state index in [0.29, 0.717) is 13.0 Å². The molecule has 0 bridgehead atoms. The Morgan fingerprint density at radius 3 is 2.79 bits per heavy atom. The molecule has 0 aromatic heterocycles. The van der Waals surface area contributed by atoms with Crippen LogP contribution in [0.25, 0.3) is 0 Å². The van der Waals surface area contributed by atoms with Gasteiger partial charge in [0.15, 0.2) is 0 Å². The van der Waals surface area contributed by atoms with Gasteiger partial charge in [-0.05, 0) is 26.0 Å². The number of fused-ring (bicyclic) bond motifs is 1. The first-order valence-corrected chi connectivity index (χ1v) is 6.47. The number of ether oxygens (including phenoxy) is 1. The van der Waals surface area contributed by atoms with Gasteiger partial charge in [-0.2, -0.15) is 13.2 Å². The topological polar surface area (TPSA) is 21.3 Å². The van der Waals surface area contributed by atoms with Gasteiger partial charge in [0.25, 0.3) is 0 Å². The monoisotopic (exact) mass is 273 g/mol. The van der Waals surface area contributed by atoms with Crippen molar-refractivity contribution in [3.8, 4) is 5.75 Å². The lowest BCUT2D eigenvalue weighted by atomic mass is 9.90. The van der Waals surface area contributed by atoms with Crippen LogP contribution in [0, 0.1) is 0 Å². The van der Waals surface area contributed by atoms with Gasteiger partial charge < -0.3 is 10.1 Å². The van der Waals surface area contributed by atoms with Crippen molar-refractivity contribution in [2.75, 3.05) is 13.7 Å². The van der Waals surface area contributed by atoms with E-state index in [1.807, 2.05) is 24.3 Å². The third-order valence-electron chi connectivity index (χ3n) is 3.57. The maximum Gasteiger partial charge on any atom is 0.389 e. The first-order valence-electron chi connectivity index (χ1n) is 6.47. The minimum absolute atomic E-state index is 0.0194. The predicted octanol–water partition coefficient (Wildman–Crippen LogP) is 3.48. The van der Waals surface area contributed by atoms with E-state index in [4.69, 9.17) is 4.74 Å². The van der Waals surface area contributed by atoms with Crippen molar-refractivity contribution in [1.82, 2.24) is 5.32 Å². The van der Waals surface area contributed by atoms with E-state index < -0.39 is 12.6 Å². The number of para-hydroxylation sites is 1. The maximum absolute atomic E-state index is 12.2. The highest BCUT2D eigenvalue weighted by Gasteiger charge is 2.32. The molecule has 0 saturated carbocycles. The molecule has 5 heteroatoms. The van der Waals surface area contributed by atoms with Crippen LogP contribution in [0.3, 0.4) is 0 Å². The number of halogens is 3. The minimum Gasteiger partial charge on any atom is -0.493 e. The van der Waals surface area contributed by atoms with Crippen molar-refractivity contribution in [2.45, 2.75) is 37.4 Å². The Morgan fingerprint density at radius 1 is 1.37 bits per heavy atom. The van der Waals surface area contributed by atoms with Crippen LogP contribution in [-0.4, -0.2) is 25.9 Å². The van der Waals surface area contributed by atoms with E-state index in [9.17, 15) is 13.2 Å². The summed E-state index contributed by atoms with van der Waals surface area (Å²) in [5.41, 5.74) is 1.09. The lowest BCUT2D eigenvalue weighted by Crippen LogP contribution is -2.33. The SMILES string of the molecule is CNC(CCCC(F)(F)F)C1COc2ccccc21. The molecule has 0 aliphatic carbocycles. The molecule has 2 rings (SSSR count). The van der Waals surface area contributed by atoms with Crippen LogP contribution < -0.4 is 10.1 Å². The quantitative estimate of drug-likeness (QED) is 0.886. The largest absolute Gasteiger partial charge is 0.493 e. The summed E-state index contributed by atoms with van der Waals surface area (Å²) in [4.78, 5) is 0. The highest BCUT2D eigenvalue weighted by atomic mass is 19.4. The van der Waals surface area contributed by atoms with Crippen molar-refractivity contribution >= 4 is 0 Å². The third-order valence-corrected chi connectivity index (χ3v) is 3.57. The molecule has 0 amide bonds. The average Bonchev–Trinajstić information content (AvgIpc) is 2.77. The Labute approximate surface area is 111 Å². The summed E-state index contributed by atoms with van der Waals surface area (Å²) >= 11 is 0. The van der Waals surface area contributed by atoms with Crippen LogP contribution in [0.2, 0.25) is 0 Å². The Bertz CT molecular complexity index is 419. The normalized spacial score (nSPS) is 19.9. The fourth-order valence-corrected chi connectivity index (χ4v) is 2.59. The first-order chi connectivity index (χ1) is 9.01. The molecule has 106 valence electrons. The van der Waals surface area contributed by atoms with E-state index in [1.165, 1.54) is 0 Å². The second-order valence-electron chi connectivity index (χ2n) is 4.86. The Hall–Kier alpha value is -1.23. The van der Waals surface area contributed by atoms with Gasteiger partial charge in [0, 0.05) is 23.9 Å². The van der Waals surface area contributed by atoms with Crippen molar-refractivity contribution < 1.29 is 17.9 Å². The van der Waals surface area contributed by atoms with Crippen LogP contribution in [0.15, 0.2) is 24.3 Å². The molecule has 1 aromatic rings. The number of alkyl halides is 3. The van der Waals surface area contributed by atoms with Gasteiger partial charge >= 0.3 is 6.18 Å². The number of benzene rings is 1. The smallest absolute Gasteiger partial charge is 0.389 e. The molecule has 19 heavy (non-hydrogen) atoms. The lowest BCUT2D eigenvalue weighted by molar-refractivity contribution is -0.135. The zero-order valence-electron chi connectivity index (χ0n) is 10.8. The number of hydrogen-bond acceptors (Lipinski definition) is 2. The molecule has 2 unspecified atom stereocenters. The van der Waals surface area contributed by atoms with Gasteiger partial charge in [-0.15, -0.1) is 0 Å². The standard InChI is InChI=1S/C14H18F3NO/c1-18-12(6-4-8-14(15,16)17)11-9-19-13-7-3-2-5-10(11)13/h2-3,5,7,11-12,18H,4,6,8-9H2,1H3. The van der Waals surface area contributed by atoms with Gasteiger partial charge in [0.2, 0.25) is 0 Å². The maximum atomic E-state index is 12.2. The molecule has 2 nitrogen and oxygen atoms in total. The van der Waals surface area contributed by atoms with Crippen LogP contribution in [0.5, 0.6) is 5.75 Å². The summed E-state index contributed by atoms with van der Waals surface area (Å²) in [6, 6.07) is 7.74. The molecule has 0 fully saturated rings. The van der Waals surface area contributed by atoms with Gasteiger partial charge in [-0.25, -0.2) is 0 Å². The molecule has 1 heterocycles. The Morgan fingerprint density at radius 2 is 2.11 bits per heavy atom. The summed E-state index contributed by atoms with van der Waals surface area (Å²) in [6.45, 7) is 0.539. The van der Waals surface area contributed by atoms with Crippen LogP contribution in [0.1, 0.15) is 30.7 Å². The minimum atomic E-state index is -4.07. The zero-order chi connectivity index (χ0) is 13.9. The highest BCUT2D eigenvalue weighted by Crippen LogP contribution is 2.37. The van der Waals surface area contributed by atoms with Gasteiger partial charge in [-0.1, -0.05) is 18.2 Å². The Balaban J connectivity index is 1.96. The zero-order valence-corrected chi connectivity index (χ0v) is 10.8. The van der Waals surface area contributed by atoms with Crippen molar-refractivity contribution in [1.29, 1.82) is 0 Å². The van der Waals surface area contributed by atoms with Crippen LogP contribution in [-0.2, 0) is 0 Å². The molecule has 0 spiro atoms. The molecule has 1 aliphatic rings. The highest BCUT2D eigenvalue weighted by molar-refractivity contribution is 5.40. The first kappa shape index (κ1) is 14.2. The third kappa shape index (κ3) is 3.62.